The average Bonchev–Trinajstić information content (AvgIpc) is 3.21. The highest BCUT2D eigenvalue weighted by Gasteiger charge is 2.26. The Bertz CT molecular complexity index is 1000. The van der Waals surface area contributed by atoms with Crippen molar-refractivity contribution in [3.05, 3.63) is 77.2 Å². The van der Waals surface area contributed by atoms with Crippen LogP contribution in [0.15, 0.2) is 65.3 Å². The van der Waals surface area contributed by atoms with Crippen molar-refractivity contribution in [1.29, 1.82) is 0 Å². The summed E-state index contributed by atoms with van der Waals surface area (Å²) in [5.74, 6) is 0.211. The van der Waals surface area contributed by atoms with Gasteiger partial charge < -0.3 is 19.4 Å². The second-order valence-electron chi connectivity index (χ2n) is 5.97. The number of rotatable bonds is 4. The normalized spacial score (nSPS) is 13.1. The zero-order valence-electron chi connectivity index (χ0n) is 14.1. The van der Waals surface area contributed by atoms with Gasteiger partial charge in [0.15, 0.2) is 12.4 Å². The van der Waals surface area contributed by atoms with Crippen molar-refractivity contribution in [3.63, 3.8) is 0 Å². The number of benzene rings is 2. The Balaban J connectivity index is 1.63. The molecule has 0 unspecified atom stereocenters. The number of fused-ring (bicyclic) bond motifs is 1. The quantitative estimate of drug-likeness (QED) is 0.737. The molecule has 2 amide bonds. The number of halogens is 1. The first-order valence-corrected chi connectivity index (χ1v) is 8.65. The lowest BCUT2D eigenvalue weighted by atomic mass is 10.1. The number of carbonyl (C=O) groups excluding carboxylic acids is 2. The number of nitrogens with one attached hydrogen (secondary N) is 1. The van der Waals surface area contributed by atoms with Crippen LogP contribution in [0.4, 0.5) is 11.4 Å². The highest BCUT2D eigenvalue weighted by atomic mass is 35.5. The molecular formula is C20H15ClN2O4. The van der Waals surface area contributed by atoms with E-state index in [1.54, 1.807) is 41.3 Å². The van der Waals surface area contributed by atoms with E-state index < -0.39 is 0 Å². The van der Waals surface area contributed by atoms with Gasteiger partial charge in [0.1, 0.15) is 5.75 Å². The van der Waals surface area contributed by atoms with E-state index in [9.17, 15) is 9.59 Å². The lowest BCUT2D eigenvalue weighted by Gasteiger charge is -2.30. The van der Waals surface area contributed by atoms with E-state index in [2.05, 4.69) is 5.32 Å². The van der Waals surface area contributed by atoms with E-state index in [-0.39, 0.29) is 24.2 Å². The Morgan fingerprint density at radius 2 is 2.00 bits per heavy atom. The third-order valence-electron chi connectivity index (χ3n) is 4.19. The number of nitrogens with zero attached hydrogens (tertiary/aromatic N) is 1. The molecular weight excluding hydrogens is 368 g/mol. The van der Waals surface area contributed by atoms with E-state index in [4.69, 9.17) is 20.8 Å². The van der Waals surface area contributed by atoms with E-state index in [0.717, 1.165) is 5.56 Å². The first kappa shape index (κ1) is 17.2. The third kappa shape index (κ3) is 3.52. The van der Waals surface area contributed by atoms with Crippen LogP contribution in [0, 0.1) is 0 Å². The third-order valence-corrected chi connectivity index (χ3v) is 4.56. The molecule has 0 radical (unpaired) electrons. The summed E-state index contributed by atoms with van der Waals surface area (Å²) < 4.78 is 10.6. The summed E-state index contributed by atoms with van der Waals surface area (Å²) in [6.45, 7) is 0.264. The molecule has 27 heavy (non-hydrogen) atoms. The van der Waals surface area contributed by atoms with Crippen LogP contribution in [0.5, 0.6) is 5.75 Å². The standard InChI is InChI=1S/C20H15ClN2O4/c21-15-5-2-1-4-13(15)11-23-16-10-14(7-8-17(16)27-12-19(23)24)22-20(25)18-6-3-9-26-18/h1-10H,11-12H2,(H,22,25). The van der Waals surface area contributed by atoms with Crippen LogP contribution in [0.2, 0.25) is 5.02 Å². The molecule has 7 heteroatoms. The molecule has 1 aliphatic heterocycles. The lowest BCUT2D eigenvalue weighted by molar-refractivity contribution is -0.121. The fourth-order valence-electron chi connectivity index (χ4n) is 2.85. The van der Waals surface area contributed by atoms with Crippen LogP contribution in [0.25, 0.3) is 0 Å². The Morgan fingerprint density at radius 1 is 1.15 bits per heavy atom. The second-order valence-corrected chi connectivity index (χ2v) is 6.38. The first-order chi connectivity index (χ1) is 13.1. The molecule has 0 aliphatic carbocycles. The molecule has 0 bridgehead atoms. The second kappa shape index (κ2) is 7.17. The number of anilines is 2. The summed E-state index contributed by atoms with van der Waals surface area (Å²) in [5.41, 5.74) is 1.92. The van der Waals surface area contributed by atoms with Crippen LogP contribution in [-0.2, 0) is 11.3 Å². The lowest BCUT2D eigenvalue weighted by Crippen LogP contribution is -2.38. The van der Waals surface area contributed by atoms with Crippen LogP contribution in [-0.4, -0.2) is 18.4 Å². The molecule has 2 heterocycles. The molecule has 0 saturated heterocycles. The molecule has 2 aromatic carbocycles. The smallest absolute Gasteiger partial charge is 0.291 e. The fraction of sp³-hybridized carbons (Fsp3) is 0.100. The number of amides is 2. The van der Waals surface area contributed by atoms with Gasteiger partial charge in [0.05, 0.1) is 18.5 Å². The van der Waals surface area contributed by atoms with Crippen molar-refractivity contribution in [3.8, 4) is 5.75 Å². The molecule has 0 fully saturated rings. The van der Waals surface area contributed by atoms with Gasteiger partial charge in [-0.05, 0) is 42.0 Å². The Labute approximate surface area is 160 Å². The monoisotopic (exact) mass is 382 g/mol. The van der Waals surface area contributed by atoms with Gasteiger partial charge >= 0.3 is 0 Å². The SMILES string of the molecule is O=C(Nc1ccc2c(c1)N(Cc1ccccc1Cl)C(=O)CO2)c1ccco1. The maximum atomic E-state index is 12.4. The van der Waals surface area contributed by atoms with E-state index in [1.165, 1.54) is 6.26 Å². The largest absolute Gasteiger partial charge is 0.482 e. The molecule has 136 valence electrons. The van der Waals surface area contributed by atoms with Gasteiger partial charge in [0.2, 0.25) is 0 Å². The number of carbonyl (C=O) groups is 2. The van der Waals surface area contributed by atoms with Crippen molar-refractivity contribution in [2.75, 3.05) is 16.8 Å². The zero-order valence-corrected chi connectivity index (χ0v) is 14.9. The van der Waals surface area contributed by atoms with Gasteiger partial charge in [-0.15, -0.1) is 0 Å². The molecule has 0 spiro atoms. The topological polar surface area (TPSA) is 71.8 Å². The molecule has 0 atom stereocenters. The summed E-state index contributed by atoms with van der Waals surface area (Å²) >= 11 is 6.24. The number of hydrogen-bond donors (Lipinski definition) is 1. The number of ether oxygens (including phenoxy) is 1. The molecule has 1 aliphatic rings. The highest BCUT2D eigenvalue weighted by Crippen LogP contribution is 2.36. The number of furan rings is 1. The number of hydrogen-bond acceptors (Lipinski definition) is 4. The van der Waals surface area contributed by atoms with Crippen molar-refractivity contribution >= 4 is 34.8 Å². The summed E-state index contributed by atoms with van der Waals surface area (Å²) in [7, 11) is 0. The van der Waals surface area contributed by atoms with E-state index in [0.29, 0.717) is 28.7 Å². The van der Waals surface area contributed by atoms with E-state index >= 15 is 0 Å². The Morgan fingerprint density at radius 3 is 2.78 bits per heavy atom. The summed E-state index contributed by atoms with van der Waals surface area (Å²) in [6.07, 6.45) is 1.43. The van der Waals surface area contributed by atoms with Crippen molar-refractivity contribution in [2.45, 2.75) is 6.54 Å². The average molecular weight is 383 g/mol. The van der Waals surface area contributed by atoms with Gasteiger partial charge in [-0.3, -0.25) is 9.59 Å². The minimum Gasteiger partial charge on any atom is -0.482 e. The van der Waals surface area contributed by atoms with Gasteiger partial charge in [-0.25, -0.2) is 0 Å². The minimum absolute atomic E-state index is 0.0461. The molecule has 1 aromatic heterocycles. The predicted octanol–water partition coefficient (Wildman–Crippen LogP) is 4.11. The van der Waals surface area contributed by atoms with Gasteiger partial charge in [-0.2, -0.15) is 0 Å². The summed E-state index contributed by atoms with van der Waals surface area (Å²) in [6, 6.07) is 15.7. The maximum absolute atomic E-state index is 12.4. The molecule has 3 aromatic rings. The zero-order chi connectivity index (χ0) is 18.8. The fourth-order valence-corrected chi connectivity index (χ4v) is 3.05. The van der Waals surface area contributed by atoms with Crippen molar-refractivity contribution < 1.29 is 18.7 Å². The molecule has 4 rings (SSSR count). The maximum Gasteiger partial charge on any atom is 0.291 e. The Hall–Kier alpha value is -3.25. The van der Waals surface area contributed by atoms with Crippen LogP contribution >= 0.6 is 11.6 Å². The van der Waals surface area contributed by atoms with Crippen LogP contribution < -0.4 is 15.0 Å². The summed E-state index contributed by atoms with van der Waals surface area (Å²) in [4.78, 5) is 26.2. The highest BCUT2D eigenvalue weighted by molar-refractivity contribution is 6.31. The molecule has 0 saturated carbocycles. The predicted molar refractivity (Wildman–Crippen MR) is 101 cm³/mol. The van der Waals surface area contributed by atoms with Crippen molar-refractivity contribution in [1.82, 2.24) is 0 Å². The molecule has 6 nitrogen and oxygen atoms in total. The van der Waals surface area contributed by atoms with Crippen molar-refractivity contribution in [2.24, 2.45) is 0 Å². The molecule has 1 N–H and O–H groups in total. The van der Waals surface area contributed by atoms with Gasteiger partial charge in [0.25, 0.3) is 11.8 Å². The minimum atomic E-state index is -0.374. The van der Waals surface area contributed by atoms with Crippen LogP contribution in [0.3, 0.4) is 0 Å². The summed E-state index contributed by atoms with van der Waals surface area (Å²) in [5, 5.41) is 3.34. The Kier molecular flexibility index (Phi) is 4.56. The van der Waals surface area contributed by atoms with Gasteiger partial charge in [0, 0.05) is 10.7 Å². The van der Waals surface area contributed by atoms with E-state index in [1.807, 2.05) is 18.2 Å². The van der Waals surface area contributed by atoms with Crippen LogP contribution in [0.1, 0.15) is 16.1 Å². The first-order valence-electron chi connectivity index (χ1n) is 8.27. The van der Waals surface area contributed by atoms with Gasteiger partial charge in [-0.1, -0.05) is 29.8 Å².